The molecule has 3 rings (SSSR count). The van der Waals surface area contributed by atoms with Crippen LogP contribution in [0.25, 0.3) is 11.1 Å². The predicted octanol–water partition coefficient (Wildman–Crippen LogP) is 1.54. The van der Waals surface area contributed by atoms with Crippen LogP contribution in [0.2, 0.25) is 0 Å². The number of anilines is 1. The number of hydrogen-bond donors (Lipinski definition) is 2. The molecule has 0 aliphatic carbocycles. The summed E-state index contributed by atoms with van der Waals surface area (Å²) in [5.74, 6) is 0.544. The lowest BCUT2D eigenvalue weighted by Crippen LogP contribution is -2.46. The normalized spacial score (nSPS) is 18.3. The highest BCUT2D eigenvalue weighted by Crippen LogP contribution is 2.26. The van der Waals surface area contributed by atoms with E-state index in [1.54, 1.807) is 4.68 Å². The first-order chi connectivity index (χ1) is 11.6. The Labute approximate surface area is 141 Å². The van der Waals surface area contributed by atoms with E-state index >= 15 is 0 Å². The molecular weight excluding hydrogens is 306 g/mol. The molecule has 1 aliphatic rings. The Morgan fingerprint density at radius 1 is 1.33 bits per heavy atom. The number of carbonyl (C=O) groups excluding carboxylic acids is 1. The van der Waals surface area contributed by atoms with Gasteiger partial charge in [0.1, 0.15) is 0 Å². The van der Waals surface area contributed by atoms with Crippen molar-refractivity contribution in [3.8, 4) is 11.1 Å². The first-order valence-corrected chi connectivity index (χ1v) is 8.06. The summed E-state index contributed by atoms with van der Waals surface area (Å²) in [5.41, 5.74) is 1.90. The number of nitrogens with one attached hydrogen (secondary N) is 2. The summed E-state index contributed by atoms with van der Waals surface area (Å²) >= 11 is 0. The van der Waals surface area contributed by atoms with Gasteiger partial charge in [0.15, 0.2) is 5.82 Å². The van der Waals surface area contributed by atoms with Crippen molar-refractivity contribution in [1.82, 2.24) is 20.0 Å². The second-order valence-corrected chi connectivity index (χ2v) is 6.02. The first kappa shape index (κ1) is 16.5. The molecule has 128 valence electrons. The summed E-state index contributed by atoms with van der Waals surface area (Å²) in [7, 11) is 3.89. The molecule has 0 spiro atoms. The lowest BCUT2D eigenvalue weighted by atomic mass is 10.1. The topological polar surface area (TPSA) is 71.4 Å². The van der Waals surface area contributed by atoms with E-state index in [-0.39, 0.29) is 12.1 Å². The van der Waals surface area contributed by atoms with Crippen molar-refractivity contribution in [2.75, 3.05) is 38.6 Å². The molecule has 1 aromatic heterocycles. The van der Waals surface area contributed by atoms with Gasteiger partial charge in [-0.25, -0.2) is 4.79 Å². The monoisotopic (exact) mass is 329 g/mol. The van der Waals surface area contributed by atoms with E-state index in [2.05, 4.69) is 27.7 Å². The van der Waals surface area contributed by atoms with E-state index in [1.165, 1.54) is 0 Å². The van der Waals surface area contributed by atoms with E-state index in [4.69, 9.17) is 4.74 Å². The zero-order valence-electron chi connectivity index (χ0n) is 14.0. The van der Waals surface area contributed by atoms with E-state index in [9.17, 15) is 4.79 Å². The molecule has 0 bridgehead atoms. The highest BCUT2D eigenvalue weighted by atomic mass is 16.5. The van der Waals surface area contributed by atoms with E-state index in [1.807, 2.05) is 43.6 Å². The van der Waals surface area contributed by atoms with Crippen molar-refractivity contribution in [2.45, 2.75) is 6.10 Å². The van der Waals surface area contributed by atoms with Crippen molar-refractivity contribution < 1.29 is 9.53 Å². The van der Waals surface area contributed by atoms with Crippen molar-refractivity contribution in [2.24, 2.45) is 7.05 Å². The molecule has 1 saturated heterocycles. The summed E-state index contributed by atoms with van der Waals surface area (Å²) in [5, 5.41) is 10.0. The number of benzene rings is 1. The van der Waals surface area contributed by atoms with Crippen LogP contribution in [-0.2, 0) is 11.8 Å². The Kier molecular flexibility index (Phi) is 5.12. The van der Waals surface area contributed by atoms with Gasteiger partial charge in [-0.1, -0.05) is 30.3 Å². The summed E-state index contributed by atoms with van der Waals surface area (Å²) < 4.78 is 7.33. The largest absolute Gasteiger partial charge is 0.374 e. The van der Waals surface area contributed by atoms with Crippen LogP contribution in [-0.4, -0.2) is 60.1 Å². The van der Waals surface area contributed by atoms with Crippen LogP contribution in [0.4, 0.5) is 10.6 Å². The average Bonchev–Trinajstić information content (AvgIpc) is 2.94. The molecule has 2 amide bonds. The maximum absolute atomic E-state index is 12.2. The van der Waals surface area contributed by atoms with Gasteiger partial charge in [0.2, 0.25) is 0 Å². The molecule has 1 fully saturated rings. The van der Waals surface area contributed by atoms with Gasteiger partial charge in [0.05, 0.1) is 12.7 Å². The van der Waals surface area contributed by atoms with Crippen LogP contribution in [0.1, 0.15) is 0 Å². The Balaban J connectivity index is 1.60. The highest BCUT2D eigenvalue weighted by Gasteiger charge is 2.19. The van der Waals surface area contributed by atoms with Gasteiger partial charge in [-0.15, -0.1) is 0 Å². The Hall–Kier alpha value is -2.38. The van der Waals surface area contributed by atoms with Crippen LogP contribution in [0.15, 0.2) is 36.5 Å². The molecule has 2 heterocycles. The maximum Gasteiger partial charge on any atom is 0.320 e. The molecule has 0 unspecified atom stereocenters. The summed E-state index contributed by atoms with van der Waals surface area (Å²) in [6.07, 6.45) is 1.91. The number of aromatic nitrogens is 2. The quantitative estimate of drug-likeness (QED) is 0.892. The van der Waals surface area contributed by atoms with E-state index < -0.39 is 0 Å². The van der Waals surface area contributed by atoms with Gasteiger partial charge >= 0.3 is 6.03 Å². The van der Waals surface area contributed by atoms with Gasteiger partial charge in [-0.05, 0) is 12.6 Å². The summed E-state index contributed by atoms with van der Waals surface area (Å²) in [6, 6.07) is 9.59. The second kappa shape index (κ2) is 7.46. The van der Waals surface area contributed by atoms with E-state index in [0.29, 0.717) is 19.0 Å². The zero-order valence-corrected chi connectivity index (χ0v) is 14.0. The van der Waals surface area contributed by atoms with Gasteiger partial charge in [-0.2, -0.15) is 5.10 Å². The number of hydrogen-bond acceptors (Lipinski definition) is 4. The molecule has 0 radical (unpaired) electrons. The maximum atomic E-state index is 12.2. The Bertz CT molecular complexity index is 686. The molecule has 2 N–H and O–H groups in total. The molecule has 1 aromatic carbocycles. The molecular formula is C17H23N5O2. The molecule has 7 nitrogen and oxygen atoms in total. The van der Waals surface area contributed by atoms with Gasteiger partial charge in [0, 0.05) is 38.4 Å². The second-order valence-electron chi connectivity index (χ2n) is 6.02. The third kappa shape index (κ3) is 4.12. The van der Waals surface area contributed by atoms with Crippen molar-refractivity contribution in [3.05, 3.63) is 36.5 Å². The molecule has 1 atom stereocenters. The highest BCUT2D eigenvalue weighted by molar-refractivity contribution is 5.92. The minimum absolute atomic E-state index is 0.0202. The van der Waals surface area contributed by atoms with Crippen LogP contribution in [0.3, 0.4) is 0 Å². The zero-order chi connectivity index (χ0) is 16.9. The minimum Gasteiger partial charge on any atom is -0.374 e. The fourth-order valence-electron chi connectivity index (χ4n) is 2.76. The number of ether oxygens (including phenoxy) is 1. The molecule has 0 saturated carbocycles. The van der Waals surface area contributed by atoms with Crippen molar-refractivity contribution in [3.63, 3.8) is 0 Å². The number of rotatable bonds is 4. The van der Waals surface area contributed by atoms with Gasteiger partial charge in [0.25, 0.3) is 0 Å². The predicted molar refractivity (Wildman–Crippen MR) is 92.9 cm³/mol. The molecule has 7 heteroatoms. The van der Waals surface area contributed by atoms with Gasteiger partial charge in [-0.3, -0.25) is 10.00 Å². The van der Waals surface area contributed by atoms with Crippen LogP contribution in [0.5, 0.6) is 0 Å². The smallest absolute Gasteiger partial charge is 0.320 e. The molecule has 24 heavy (non-hydrogen) atoms. The third-order valence-electron chi connectivity index (χ3n) is 3.98. The number of morpholine rings is 1. The lowest BCUT2D eigenvalue weighted by molar-refractivity contribution is -0.0166. The minimum atomic E-state index is -0.275. The van der Waals surface area contributed by atoms with Crippen molar-refractivity contribution in [1.29, 1.82) is 0 Å². The lowest BCUT2D eigenvalue weighted by Gasteiger charge is -2.30. The number of aryl methyl sites for hydroxylation is 1. The summed E-state index contributed by atoms with van der Waals surface area (Å²) in [6.45, 7) is 2.92. The molecule has 1 aliphatic heterocycles. The number of urea groups is 1. The summed E-state index contributed by atoms with van der Waals surface area (Å²) in [4.78, 5) is 14.4. The van der Waals surface area contributed by atoms with Crippen LogP contribution >= 0.6 is 0 Å². The number of nitrogens with zero attached hydrogens (tertiary/aromatic N) is 3. The standard InChI is InChI=1S/C17H23N5O2/c1-21-8-9-24-14(11-21)10-18-17(23)19-16-15(12-22(2)20-16)13-6-4-3-5-7-13/h3-7,12,14H,8-11H2,1-2H3,(H2,18,19,20,23)/t14-/m0/s1. The fraction of sp³-hybridized carbons (Fsp3) is 0.412. The Morgan fingerprint density at radius 2 is 2.12 bits per heavy atom. The SMILES string of the molecule is CN1CCO[C@@H](CNC(=O)Nc2nn(C)cc2-c2ccccc2)C1. The first-order valence-electron chi connectivity index (χ1n) is 8.06. The van der Waals surface area contributed by atoms with Crippen LogP contribution in [0, 0.1) is 0 Å². The van der Waals surface area contributed by atoms with E-state index in [0.717, 1.165) is 24.2 Å². The Morgan fingerprint density at radius 3 is 2.88 bits per heavy atom. The van der Waals surface area contributed by atoms with Crippen molar-refractivity contribution >= 4 is 11.8 Å². The number of likely N-dealkylation sites (N-methyl/N-ethyl adjacent to an activating group) is 1. The average molecular weight is 329 g/mol. The fourth-order valence-corrected chi connectivity index (χ4v) is 2.76. The third-order valence-corrected chi connectivity index (χ3v) is 3.98. The number of carbonyl (C=O) groups is 1. The number of amides is 2. The molecule has 2 aromatic rings. The van der Waals surface area contributed by atoms with Gasteiger partial charge < -0.3 is 15.0 Å². The van der Waals surface area contributed by atoms with Crippen LogP contribution < -0.4 is 10.6 Å².